The maximum absolute atomic E-state index is 13.5. The smallest absolute Gasteiger partial charge is 0.266 e. The van der Waals surface area contributed by atoms with Gasteiger partial charge in [-0.2, -0.15) is 5.26 Å². The van der Waals surface area contributed by atoms with Gasteiger partial charge in [-0.1, -0.05) is 36.4 Å². The molecule has 0 aliphatic carbocycles. The van der Waals surface area contributed by atoms with Crippen molar-refractivity contribution in [3.05, 3.63) is 107 Å². The van der Waals surface area contributed by atoms with Gasteiger partial charge in [-0.05, 0) is 60.0 Å². The van der Waals surface area contributed by atoms with Crippen LogP contribution in [0.1, 0.15) is 16.7 Å². The minimum atomic E-state index is -0.514. The molecule has 6 heteroatoms. The summed E-state index contributed by atoms with van der Waals surface area (Å²) < 4.78 is 25.0. The second kappa shape index (κ2) is 11.3. The second-order valence-corrected chi connectivity index (χ2v) is 7.11. The van der Waals surface area contributed by atoms with Crippen molar-refractivity contribution in [1.29, 1.82) is 5.26 Å². The number of rotatable bonds is 9. The molecule has 0 saturated heterocycles. The van der Waals surface area contributed by atoms with Gasteiger partial charge >= 0.3 is 0 Å². The van der Waals surface area contributed by atoms with Crippen molar-refractivity contribution in [2.24, 2.45) is 0 Å². The number of anilines is 1. The molecule has 1 N–H and O–H groups in total. The predicted octanol–water partition coefficient (Wildman–Crippen LogP) is 5.69. The summed E-state index contributed by atoms with van der Waals surface area (Å²) in [5.74, 6) is 0.0656. The number of hydrogen-bond acceptors (Lipinski definition) is 4. The molecule has 0 bridgehead atoms. The monoisotopic (exact) mass is 442 g/mol. The number of methoxy groups -OCH3 is 1. The lowest BCUT2D eigenvalue weighted by molar-refractivity contribution is -0.112. The third-order valence-corrected chi connectivity index (χ3v) is 4.72. The molecule has 0 atom stereocenters. The number of hydrogen-bond donors (Lipinski definition) is 1. The molecule has 0 unspecified atom stereocenters. The number of carbonyl (C=O) groups excluding carboxylic acids is 1. The Kier molecular flexibility index (Phi) is 7.98. The van der Waals surface area contributed by atoms with Gasteiger partial charge in [0.05, 0.1) is 7.11 Å². The van der Waals surface area contributed by atoms with Gasteiger partial charge in [0.15, 0.2) is 11.5 Å². The van der Waals surface area contributed by atoms with Crippen molar-refractivity contribution >= 4 is 17.7 Å². The Labute approximate surface area is 192 Å². The summed E-state index contributed by atoms with van der Waals surface area (Å²) in [4.78, 5) is 12.6. The fraction of sp³-hybridized carbons (Fsp3) is 0.111. The SMILES string of the molecule is C=CCc1cc(/C=C(\C#N)C(=O)Nc2ccccc2)cc(OC)c1OCc1cccc(F)c1. The molecule has 0 aliphatic rings. The van der Waals surface area contributed by atoms with Crippen LogP contribution in [0.4, 0.5) is 10.1 Å². The maximum Gasteiger partial charge on any atom is 0.266 e. The van der Waals surface area contributed by atoms with Crippen molar-refractivity contribution in [3.63, 3.8) is 0 Å². The summed E-state index contributed by atoms with van der Waals surface area (Å²) in [5, 5.41) is 12.2. The molecule has 33 heavy (non-hydrogen) atoms. The average molecular weight is 442 g/mol. The van der Waals surface area contributed by atoms with Gasteiger partial charge in [-0.3, -0.25) is 4.79 Å². The zero-order chi connectivity index (χ0) is 23.6. The van der Waals surface area contributed by atoms with Gasteiger partial charge in [0.2, 0.25) is 0 Å². The van der Waals surface area contributed by atoms with Crippen LogP contribution in [0.5, 0.6) is 11.5 Å². The fourth-order valence-corrected chi connectivity index (χ4v) is 3.21. The first-order valence-electron chi connectivity index (χ1n) is 10.2. The molecule has 0 heterocycles. The Balaban J connectivity index is 1.90. The molecule has 0 aliphatic heterocycles. The first-order valence-corrected chi connectivity index (χ1v) is 10.2. The number of carbonyl (C=O) groups is 1. The lowest BCUT2D eigenvalue weighted by Crippen LogP contribution is -2.13. The molecule has 0 radical (unpaired) electrons. The standard InChI is InChI=1S/C27H23FN2O3/c1-3-8-21-13-20(14-22(17-29)27(31)30-24-11-5-4-6-12-24)16-25(32-2)26(21)33-18-19-9-7-10-23(28)15-19/h3-7,9-16H,1,8,18H2,2H3,(H,30,31)/b22-14+. The van der Waals surface area contributed by atoms with E-state index in [9.17, 15) is 14.4 Å². The van der Waals surface area contributed by atoms with Crippen molar-refractivity contribution in [3.8, 4) is 17.6 Å². The van der Waals surface area contributed by atoms with E-state index in [1.165, 1.54) is 25.3 Å². The van der Waals surface area contributed by atoms with E-state index in [1.54, 1.807) is 54.6 Å². The van der Waals surface area contributed by atoms with E-state index >= 15 is 0 Å². The van der Waals surface area contributed by atoms with Gasteiger partial charge < -0.3 is 14.8 Å². The van der Waals surface area contributed by atoms with Crippen LogP contribution in [0.25, 0.3) is 6.08 Å². The lowest BCUT2D eigenvalue weighted by atomic mass is 10.0. The van der Waals surface area contributed by atoms with Crippen LogP contribution in [-0.4, -0.2) is 13.0 Å². The van der Waals surface area contributed by atoms with Crippen LogP contribution in [0.2, 0.25) is 0 Å². The topological polar surface area (TPSA) is 71.4 Å². The molecule has 166 valence electrons. The maximum atomic E-state index is 13.5. The van der Waals surface area contributed by atoms with Crippen LogP contribution in [-0.2, 0) is 17.8 Å². The third-order valence-electron chi connectivity index (χ3n) is 4.72. The Bertz CT molecular complexity index is 1210. The highest BCUT2D eigenvalue weighted by Gasteiger charge is 2.15. The number of para-hydroxylation sites is 1. The molecule has 3 aromatic carbocycles. The third kappa shape index (κ3) is 6.31. The Morgan fingerprint density at radius 2 is 1.94 bits per heavy atom. The fourth-order valence-electron chi connectivity index (χ4n) is 3.21. The van der Waals surface area contributed by atoms with Crippen molar-refractivity contribution in [1.82, 2.24) is 0 Å². The van der Waals surface area contributed by atoms with E-state index in [0.29, 0.717) is 34.7 Å². The first-order chi connectivity index (χ1) is 16.0. The van der Waals surface area contributed by atoms with Crippen LogP contribution in [0.3, 0.4) is 0 Å². The van der Waals surface area contributed by atoms with Gasteiger partial charge in [-0.15, -0.1) is 6.58 Å². The number of halogens is 1. The first kappa shape index (κ1) is 23.3. The Morgan fingerprint density at radius 3 is 2.61 bits per heavy atom. The average Bonchev–Trinajstić information content (AvgIpc) is 2.82. The number of amides is 1. The molecule has 3 aromatic rings. The molecular formula is C27H23FN2O3. The van der Waals surface area contributed by atoms with Crippen molar-refractivity contribution < 1.29 is 18.7 Å². The molecule has 0 aromatic heterocycles. The van der Waals surface area contributed by atoms with Crippen molar-refractivity contribution in [2.75, 3.05) is 12.4 Å². The second-order valence-electron chi connectivity index (χ2n) is 7.11. The normalized spacial score (nSPS) is 10.8. The van der Waals surface area contributed by atoms with Gasteiger partial charge in [0.1, 0.15) is 24.1 Å². The van der Waals surface area contributed by atoms with E-state index in [-0.39, 0.29) is 18.0 Å². The highest BCUT2D eigenvalue weighted by atomic mass is 19.1. The lowest BCUT2D eigenvalue weighted by Gasteiger charge is -2.16. The Hall–Kier alpha value is -4.37. The zero-order valence-corrected chi connectivity index (χ0v) is 18.2. The predicted molar refractivity (Wildman–Crippen MR) is 126 cm³/mol. The van der Waals surface area contributed by atoms with E-state index in [1.807, 2.05) is 12.1 Å². The highest BCUT2D eigenvalue weighted by molar-refractivity contribution is 6.09. The quantitative estimate of drug-likeness (QED) is 0.263. The Morgan fingerprint density at radius 1 is 1.15 bits per heavy atom. The summed E-state index contributed by atoms with van der Waals surface area (Å²) in [7, 11) is 1.50. The van der Waals surface area contributed by atoms with E-state index in [2.05, 4.69) is 11.9 Å². The van der Waals surface area contributed by atoms with Gasteiger partial charge in [0, 0.05) is 11.3 Å². The zero-order valence-electron chi connectivity index (χ0n) is 18.2. The van der Waals surface area contributed by atoms with Crippen LogP contribution in [0.15, 0.2) is 85.0 Å². The number of nitrogens with zero attached hydrogens (tertiary/aromatic N) is 1. The highest BCUT2D eigenvalue weighted by Crippen LogP contribution is 2.35. The molecule has 1 amide bonds. The largest absolute Gasteiger partial charge is 0.493 e. The van der Waals surface area contributed by atoms with Crippen LogP contribution >= 0.6 is 0 Å². The molecular weight excluding hydrogens is 419 g/mol. The summed E-state index contributed by atoms with van der Waals surface area (Å²) in [6.45, 7) is 3.94. The summed E-state index contributed by atoms with van der Waals surface area (Å²) in [6, 6.07) is 20.5. The number of allylic oxidation sites excluding steroid dienone is 1. The summed E-state index contributed by atoms with van der Waals surface area (Å²) in [6.07, 6.45) is 3.67. The van der Waals surface area contributed by atoms with E-state index in [0.717, 1.165) is 5.56 Å². The number of ether oxygens (including phenoxy) is 2. The number of nitrogens with one attached hydrogen (secondary N) is 1. The van der Waals surface area contributed by atoms with Crippen LogP contribution < -0.4 is 14.8 Å². The molecule has 5 nitrogen and oxygen atoms in total. The van der Waals surface area contributed by atoms with Gasteiger partial charge in [0.25, 0.3) is 5.91 Å². The number of benzene rings is 3. The molecule has 3 rings (SSSR count). The van der Waals surface area contributed by atoms with E-state index in [4.69, 9.17) is 9.47 Å². The minimum absolute atomic E-state index is 0.0566. The molecule has 0 spiro atoms. The van der Waals surface area contributed by atoms with Crippen LogP contribution in [0, 0.1) is 17.1 Å². The minimum Gasteiger partial charge on any atom is -0.493 e. The summed E-state index contributed by atoms with van der Waals surface area (Å²) >= 11 is 0. The van der Waals surface area contributed by atoms with E-state index < -0.39 is 5.91 Å². The molecule has 0 fully saturated rings. The number of nitriles is 1. The van der Waals surface area contributed by atoms with Gasteiger partial charge in [-0.25, -0.2) is 4.39 Å². The molecule has 0 saturated carbocycles. The van der Waals surface area contributed by atoms with Crippen molar-refractivity contribution in [2.45, 2.75) is 13.0 Å². The summed E-state index contributed by atoms with van der Waals surface area (Å²) in [5.41, 5.74) is 2.57.